The Hall–Kier alpha value is -2.08. The highest BCUT2D eigenvalue weighted by atomic mass is 16.5. The van der Waals surface area contributed by atoms with Gasteiger partial charge < -0.3 is 20.3 Å². The number of hydrogen-bond donors (Lipinski definition) is 3. The van der Waals surface area contributed by atoms with Gasteiger partial charge >= 0.3 is 0 Å². The maximum Gasteiger partial charge on any atom is 0.279 e. The number of carbonyl (C=O) groups is 2. The van der Waals surface area contributed by atoms with Gasteiger partial charge in [-0.3, -0.25) is 9.59 Å². The molecule has 1 aromatic carbocycles. The number of anilines is 1. The Balaban J connectivity index is 2.45. The lowest BCUT2D eigenvalue weighted by Gasteiger charge is -2.33. The second kappa shape index (κ2) is 9.03. The number of benzene rings is 1. The van der Waals surface area contributed by atoms with Crippen molar-refractivity contribution in [3.05, 3.63) is 24.3 Å². The van der Waals surface area contributed by atoms with E-state index in [2.05, 4.69) is 31.4 Å². The Morgan fingerprint density at radius 2 is 1.54 bits per heavy atom. The van der Waals surface area contributed by atoms with Gasteiger partial charge in [0.25, 0.3) is 11.8 Å². The second-order valence-electron chi connectivity index (χ2n) is 8.76. The van der Waals surface area contributed by atoms with Gasteiger partial charge in [0.05, 0.1) is 14.2 Å². The molecule has 0 aliphatic heterocycles. The molecule has 0 aliphatic rings. The number of carbonyl (C=O) groups excluding carboxylic acids is 2. The molecular weight excluding hydrogens is 330 g/mol. The molecule has 0 saturated carbocycles. The number of amides is 2. The monoisotopic (exact) mass is 364 g/mol. The van der Waals surface area contributed by atoms with E-state index in [1.165, 1.54) is 0 Å². The highest BCUT2D eigenvalue weighted by molar-refractivity contribution is 5.91. The van der Waals surface area contributed by atoms with Gasteiger partial charge in [-0.25, -0.2) is 0 Å². The molecule has 146 valence electrons. The summed E-state index contributed by atoms with van der Waals surface area (Å²) in [5, 5.41) is 5.90. The molecule has 1 atom stereocenters. The number of rotatable bonds is 8. The number of quaternary nitrogens is 1. The third-order valence-corrected chi connectivity index (χ3v) is 3.75. The number of ether oxygens (including phenoxy) is 1. The summed E-state index contributed by atoms with van der Waals surface area (Å²) in [5.41, 5.74) is 0.564. The first kappa shape index (κ1) is 22.0. The normalized spacial score (nSPS) is 13.0. The van der Waals surface area contributed by atoms with Crippen LogP contribution in [0.5, 0.6) is 5.75 Å². The van der Waals surface area contributed by atoms with Crippen molar-refractivity contribution >= 4 is 17.5 Å². The first-order valence-corrected chi connectivity index (χ1v) is 8.96. The lowest BCUT2D eigenvalue weighted by atomic mass is 9.82. The largest absolute Gasteiger partial charge is 0.497 e. The fourth-order valence-corrected chi connectivity index (χ4v) is 3.28. The van der Waals surface area contributed by atoms with Gasteiger partial charge in [0.15, 0.2) is 13.1 Å². The Labute approximate surface area is 157 Å². The molecule has 26 heavy (non-hydrogen) atoms. The molecule has 3 N–H and O–H groups in total. The van der Waals surface area contributed by atoms with E-state index in [0.29, 0.717) is 5.69 Å². The third kappa shape index (κ3) is 8.85. The predicted molar refractivity (Wildman–Crippen MR) is 105 cm³/mol. The van der Waals surface area contributed by atoms with Crippen LogP contribution in [0.1, 0.15) is 41.0 Å². The van der Waals surface area contributed by atoms with Crippen LogP contribution in [0.2, 0.25) is 0 Å². The molecule has 1 aromatic rings. The molecule has 0 heterocycles. The summed E-state index contributed by atoms with van der Waals surface area (Å²) in [4.78, 5) is 25.3. The average molecular weight is 365 g/mol. The first-order valence-electron chi connectivity index (χ1n) is 8.96. The Kier molecular flexibility index (Phi) is 7.63. The number of likely N-dealkylation sites (N-methyl/N-ethyl adjacent to an activating group) is 1. The summed E-state index contributed by atoms with van der Waals surface area (Å²) >= 11 is 0. The van der Waals surface area contributed by atoms with E-state index in [4.69, 9.17) is 4.74 Å². The lowest BCUT2D eigenvalue weighted by Crippen LogP contribution is -3.11. The van der Waals surface area contributed by atoms with Crippen molar-refractivity contribution in [1.29, 1.82) is 0 Å². The molecule has 2 amide bonds. The number of methoxy groups -OCH3 is 1. The third-order valence-electron chi connectivity index (χ3n) is 3.75. The van der Waals surface area contributed by atoms with E-state index in [0.717, 1.165) is 17.1 Å². The summed E-state index contributed by atoms with van der Waals surface area (Å²) in [6.07, 6.45) is 0.878. The van der Waals surface area contributed by atoms with Gasteiger partial charge in [-0.1, -0.05) is 20.8 Å². The van der Waals surface area contributed by atoms with E-state index in [9.17, 15) is 9.59 Å². The summed E-state index contributed by atoms with van der Waals surface area (Å²) < 4.78 is 5.09. The minimum atomic E-state index is -0.277. The minimum absolute atomic E-state index is 0.0472. The van der Waals surface area contributed by atoms with Crippen LogP contribution in [0.4, 0.5) is 5.69 Å². The number of hydrogen-bond acceptors (Lipinski definition) is 3. The highest BCUT2D eigenvalue weighted by Crippen LogP contribution is 2.26. The first-order chi connectivity index (χ1) is 11.9. The molecule has 0 bridgehead atoms. The molecule has 0 aliphatic carbocycles. The fourth-order valence-electron chi connectivity index (χ4n) is 3.28. The summed E-state index contributed by atoms with van der Waals surface area (Å²) in [6, 6.07) is 7.15. The summed E-state index contributed by atoms with van der Waals surface area (Å²) in [5.74, 6) is 0.559. The maximum atomic E-state index is 12.3. The van der Waals surface area contributed by atoms with E-state index >= 15 is 0 Å². The van der Waals surface area contributed by atoms with Gasteiger partial charge in [-0.15, -0.1) is 0 Å². The maximum absolute atomic E-state index is 12.3. The van der Waals surface area contributed by atoms with Gasteiger partial charge in [0.1, 0.15) is 5.75 Å². The second-order valence-corrected chi connectivity index (χ2v) is 8.76. The highest BCUT2D eigenvalue weighted by Gasteiger charge is 2.28. The molecule has 0 spiro atoms. The van der Waals surface area contributed by atoms with Crippen molar-refractivity contribution < 1.29 is 19.2 Å². The summed E-state index contributed by atoms with van der Waals surface area (Å²) in [7, 11) is 3.43. The molecule has 1 rings (SSSR count). The van der Waals surface area contributed by atoms with Crippen LogP contribution >= 0.6 is 0 Å². The quantitative estimate of drug-likeness (QED) is 0.654. The lowest BCUT2D eigenvalue weighted by molar-refractivity contribution is -0.862. The smallest absolute Gasteiger partial charge is 0.279 e. The van der Waals surface area contributed by atoms with E-state index < -0.39 is 0 Å². The molecule has 0 radical (unpaired) electrons. The Morgan fingerprint density at radius 1 is 1.00 bits per heavy atom. The van der Waals surface area contributed by atoms with Crippen molar-refractivity contribution in [2.75, 3.05) is 32.6 Å². The van der Waals surface area contributed by atoms with Crippen molar-refractivity contribution in [3.8, 4) is 5.75 Å². The Morgan fingerprint density at radius 3 is 2.04 bits per heavy atom. The molecule has 0 aromatic heterocycles. The molecule has 6 heteroatoms. The Bertz CT molecular complexity index is 604. The van der Waals surface area contributed by atoms with Crippen LogP contribution in [-0.4, -0.2) is 44.6 Å². The summed E-state index contributed by atoms with van der Waals surface area (Å²) in [6.45, 7) is 11.0. The number of nitrogens with one attached hydrogen (secondary N) is 3. The zero-order chi connectivity index (χ0) is 20.0. The van der Waals surface area contributed by atoms with Crippen LogP contribution in [-0.2, 0) is 9.59 Å². The van der Waals surface area contributed by atoms with Gasteiger partial charge in [-0.05, 0) is 49.9 Å². The van der Waals surface area contributed by atoms with Crippen molar-refractivity contribution in [1.82, 2.24) is 5.32 Å². The van der Waals surface area contributed by atoms with Gasteiger partial charge in [-0.2, -0.15) is 0 Å². The van der Waals surface area contributed by atoms with E-state index in [1.807, 2.05) is 20.9 Å². The van der Waals surface area contributed by atoms with Crippen LogP contribution in [0.25, 0.3) is 0 Å². The van der Waals surface area contributed by atoms with Crippen molar-refractivity contribution in [2.24, 2.45) is 5.41 Å². The molecule has 6 nitrogen and oxygen atoms in total. The van der Waals surface area contributed by atoms with Crippen molar-refractivity contribution in [2.45, 2.75) is 46.6 Å². The molecule has 1 unspecified atom stereocenters. The standard InChI is InChI=1S/C20H33N3O3/c1-19(2,3)14-20(4,5)22-18(25)13-23(6)12-17(24)21-15-8-10-16(26-7)11-9-15/h8-11H,12-14H2,1-7H3,(H,21,24)(H,22,25)/p+1. The average Bonchev–Trinajstić information content (AvgIpc) is 2.43. The van der Waals surface area contributed by atoms with Crippen LogP contribution in [0.15, 0.2) is 24.3 Å². The molecular formula is C20H34N3O3+. The van der Waals surface area contributed by atoms with Crippen LogP contribution in [0.3, 0.4) is 0 Å². The van der Waals surface area contributed by atoms with Gasteiger partial charge in [0.2, 0.25) is 0 Å². The topological polar surface area (TPSA) is 71.9 Å². The van der Waals surface area contributed by atoms with E-state index in [-0.39, 0.29) is 35.9 Å². The van der Waals surface area contributed by atoms with E-state index in [1.54, 1.807) is 31.4 Å². The molecule has 0 fully saturated rings. The zero-order valence-electron chi connectivity index (χ0n) is 17.2. The van der Waals surface area contributed by atoms with Crippen LogP contribution in [0, 0.1) is 5.41 Å². The van der Waals surface area contributed by atoms with Crippen LogP contribution < -0.4 is 20.3 Å². The minimum Gasteiger partial charge on any atom is -0.497 e. The van der Waals surface area contributed by atoms with Crippen molar-refractivity contribution in [3.63, 3.8) is 0 Å². The van der Waals surface area contributed by atoms with Gasteiger partial charge in [0, 0.05) is 11.2 Å². The fraction of sp³-hybridized carbons (Fsp3) is 0.600. The zero-order valence-corrected chi connectivity index (χ0v) is 17.2. The SMILES string of the molecule is COc1ccc(NC(=O)C[NH+](C)CC(=O)NC(C)(C)CC(C)(C)C)cc1. The molecule has 0 saturated heterocycles. The predicted octanol–water partition coefficient (Wildman–Crippen LogP) is 1.48.